The molecule has 0 fully saturated rings. The second kappa shape index (κ2) is 6.28. The molecule has 4 nitrogen and oxygen atoms in total. The summed E-state index contributed by atoms with van der Waals surface area (Å²) in [4.78, 5) is 12.3. The van der Waals surface area contributed by atoms with E-state index >= 15 is 0 Å². The first kappa shape index (κ1) is 14.7. The summed E-state index contributed by atoms with van der Waals surface area (Å²) in [6, 6.07) is 11.3. The van der Waals surface area contributed by atoms with E-state index in [-0.39, 0.29) is 5.91 Å². The quantitative estimate of drug-likeness (QED) is 0.728. The van der Waals surface area contributed by atoms with Gasteiger partial charge in [-0.05, 0) is 30.7 Å². The largest absolute Gasteiger partial charge is 0.469 e. The third kappa shape index (κ3) is 2.88. The van der Waals surface area contributed by atoms with Crippen molar-refractivity contribution >= 4 is 28.4 Å². The summed E-state index contributed by atoms with van der Waals surface area (Å²) in [6.45, 7) is 0.606. The van der Waals surface area contributed by atoms with Crippen molar-refractivity contribution in [2.75, 3.05) is 6.54 Å². The highest BCUT2D eigenvalue weighted by molar-refractivity contribution is 6.35. The van der Waals surface area contributed by atoms with Crippen molar-refractivity contribution in [3.63, 3.8) is 0 Å². The molecule has 0 saturated carbocycles. The van der Waals surface area contributed by atoms with Gasteiger partial charge in [-0.25, -0.2) is 0 Å². The molecule has 5 heteroatoms. The number of nitrogens with one attached hydrogen (secondary N) is 1. The standard InChI is InChI=1S/C17H17ClN2O2/c1-20-15(11-12-5-2-8-14(18)16(12)20)17(21)19-9-3-6-13-7-4-10-22-13/h2,4-5,7-8,10-11H,3,6,9H2,1H3,(H,19,21). The Labute approximate surface area is 133 Å². The minimum atomic E-state index is -0.0887. The number of carbonyl (C=O) groups excluding carboxylic acids is 1. The summed E-state index contributed by atoms with van der Waals surface area (Å²) in [5.74, 6) is 0.847. The molecule has 22 heavy (non-hydrogen) atoms. The maximum absolute atomic E-state index is 12.3. The number of halogens is 1. The number of hydrogen-bond acceptors (Lipinski definition) is 2. The predicted molar refractivity (Wildman–Crippen MR) is 87.3 cm³/mol. The van der Waals surface area contributed by atoms with Crippen LogP contribution in [0.25, 0.3) is 10.9 Å². The van der Waals surface area contributed by atoms with Gasteiger partial charge < -0.3 is 14.3 Å². The van der Waals surface area contributed by atoms with E-state index < -0.39 is 0 Å². The van der Waals surface area contributed by atoms with Gasteiger partial charge in [-0.1, -0.05) is 23.7 Å². The van der Waals surface area contributed by atoms with Crippen molar-refractivity contribution in [3.05, 3.63) is 59.1 Å². The van der Waals surface area contributed by atoms with Gasteiger partial charge in [0.05, 0.1) is 16.8 Å². The monoisotopic (exact) mass is 316 g/mol. The van der Waals surface area contributed by atoms with Gasteiger partial charge in [0.1, 0.15) is 11.5 Å². The van der Waals surface area contributed by atoms with Crippen LogP contribution in [0.5, 0.6) is 0 Å². The summed E-state index contributed by atoms with van der Waals surface area (Å²) in [5.41, 5.74) is 1.49. The van der Waals surface area contributed by atoms with E-state index in [2.05, 4.69) is 5.32 Å². The molecular formula is C17H17ClN2O2. The van der Waals surface area contributed by atoms with Crippen molar-refractivity contribution in [1.82, 2.24) is 9.88 Å². The van der Waals surface area contributed by atoms with Gasteiger partial charge in [-0.15, -0.1) is 0 Å². The Bertz CT molecular complexity index is 790. The molecule has 1 aromatic carbocycles. The van der Waals surface area contributed by atoms with Crippen LogP contribution in [-0.4, -0.2) is 17.0 Å². The van der Waals surface area contributed by atoms with Gasteiger partial charge in [-0.2, -0.15) is 0 Å². The number of hydrogen-bond donors (Lipinski definition) is 1. The van der Waals surface area contributed by atoms with E-state index in [1.807, 2.05) is 48.0 Å². The number of rotatable bonds is 5. The van der Waals surface area contributed by atoms with Gasteiger partial charge in [0, 0.05) is 25.4 Å². The molecule has 0 unspecified atom stereocenters. The number of amides is 1. The maximum atomic E-state index is 12.3. The SMILES string of the molecule is Cn1c(C(=O)NCCCc2ccco2)cc2cccc(Cl)c21. The van der Waals surface area contributed by atoms with E-state index in [0.717, 1.165) is 29.5 Å². The van der Waals surface area contributed by atoms with Crippen LogP contribution in [0.3, 0.4) is 0 Å². The van der Waals surface area contributed by atoms with Crippen LogP contribution in [-0.2, 0) is 13.5 Å². The van der Waals surface area contributed by atoms with Crippen LogP contribution in [0.2, 0.25) is 5.02 Å². The highest BCUT2D eigenvalue weighted by atomic mass is 35.5. The van der Waals surface area contributed by atoms with Crippen molar-refractivity contribution < 1.29 is 9.21 Å². The zero-order chi connectivity index (χ0) is 15.5. The molecule has 1 amide bonds. The average Bonchev–Trinajstić information content (AvgIpc) is 3.12. The van der Waals surface area contributed by atoms with Crippen LogP contribution >= 0.6 is 11.6 Å². The summed E-state index contributed by atoms with van der Waals surface area (Å²) >= 11 is 6.20. The average molecular weight is 317 g/mol. The van der Waals surface area contributed by atoms with E-state index in [9.17, 15) is 4.79 Å². The third-order valence-corrected chi connectivity index (χ3v) is 4.01. The normalized spacial score (nSPS) is 11.0. The van der Waals surface area contributed by atoms with Crippen LogP contribution in [0.4, 0.5) is 0 Å². The highest BCUT2D eigenvalue weighted by Gasteiger charge is 2.14. The van der Waals surface area contributed by atoms with Crippen LogP contribution in [0.15, 0.2) is 47.1 Å². The van der Waals surface area contributed by atoms with E-state index in [1.54, 1.807) is 6.26 Å². The van der Waals surface area contributed by atoms with Crippen molar-refractivity contribution in [3.8, 4) is 0 Å². The molecule has 2 heterocycles. The molecule has 0 aliphatic rings. The van der Waals surface area contributed by atoms with Crippen molar-refractivity contribution in [1.29, 1.82) is 0 Å². The number of benzene rings is 1. The van der Waals surface area contributed by atoms with Gasteiger partial charge in [0.25, 0.3) is 5.91 Å². The Balaban J connectivity index is 1.65. The Hall–Kier alpha value is -2.20. The fourth-order valence-electron chi connectivity index (χ4n) is 2.59. The van der Waals surface area contributed by atoms with Crippen molar-refractivity contribution in [2.24, 2.45) is 7.05 Å². The minimum absolute atomic E-state index is 0.0887. The molecule has 0 saturated heterocycles. The first-order valence-corrected chi connectivity index (χ1v) is 7.59. The smallest absolute Gasteiger partial charge is 0.267 e. The molecule has 0 bridgehead atoms. The maximum Gasteiger partial charge on any atom is 0.267 e. The molecule has 0 radical (unpaired) electrons. The Morgan fingerprint density at radius 1 is 1.32 bits per heavy atom. The highest BCUT2D eigenvalue weighted by Crippen LogP contribution is 2.26. The summed E-state index contributed by atoms with van der Waals surface area (Å²) in [6.07, 6.45) is 3.31. The Morgan fingerprint density at radius 2 is 2.18 bits per heavy atom. The Morgan fingerprint density at radius 3 is 2.91 bits per heavy atom. The summed E-state index contributed by atoms with van der Waals surface area (Å²) in [5, 5.41) is 4.56. The van der Waals surface area contributed by atoms with E-state index in [4.69, 9.17) is 16.0 Å². The Kier molecular flexibility index (Phi) is 4.20. The second-order valence-corrected chi connectivity index (χ2v) is 5.61. The lowest BCUT2D eigenvalue weighted by atomic mass is 10.2. The van der Waals surface area contributed by atoms with Gasteiger partial charge in [0.2, 0.25) is 0 Å². The fraction of sp³-hybridized carbons (Fsp3) is 0.235. The number of para-hydroxylation sites is 1. The number of aryl methyl sites for hydroxylation is 2. The molecule has 0 aliphatic carbocycles. The van der Waals surface area contributed by atoms with Crippen molar-refractivity contribution in [2.45, 2.75) is 12.8 Å². The molecular weight excluding hydrogens is 300 g/mol. The second-order valence-electron chi connectivity index (χ2n) is 5.21. The molecule has 114 valence electrons. The molecule has 3 aromatic rings. The molecule has 0 aliphatic heterocycles. The summed E-state index contributed by atoms with van der Waals surface area (Å²) < 4.78 is 7.10. The molecule has 0 spiro atoms. The zero-order valence-electron chi connectivity index (χ0n) is 12.3. The number of fused-ring (bicyclic) bond motifs is 1. The lowest BCUT2D eigenvalue weighted by Gasteiger charge is -2.06. The zero-order valence-corrected chi connectivity index (χ0v) is 13.1. The van der Waals surface area contributed by atoms with Crippen LogP contribution in [0, 0.1) is 0 Å². The minimum Gasteiger partial charge on any atom is -0.469 e. The number of furan rings is 1. The predicted octanol–water partition coefficient (Wildman–Crippen LogP) is 3.79. The molecule has 3 rings (SSSR count). The van der Waals surface area contributed by atoms with Crippen LogP contribution < -0.4 is 5.32 Å². The van der Waals surface area contributed by atoms with Gasteiger partial charge >= 0.3 is 0 Å². The fourth-order valence-corrected chi connectivity index (χ4v) is 2.90. The number of carbonyl (C=O) groups is 1. The lowest BCUT2D eigenvalue weighted by molar-refractivity contribution is 0.0945. The van der Waals surface area contributed by atoms with Gasteiger partial charge in [0.15, 0.2) is 0 Å². The summed E-state index contributed by atoms with van der Waals surface area (Å²) in [7, 11) is 1.85. The first-order valence-electron chi connectivity index (χ1n) is 7.21. The first-order chi connectivity index (χ1) is 10.7. The molecule has 2 aromatic heterocycles. The number of aromatic nitrogens is 1. The van der Waals surface area contributed by atoms with Gasteiger partial charge in [-0.3, -0.25) is 4.79 Å². The van der Waals surface area contributed by atoms with E-state index in [0.29, 0.717) is 17.3 Å². The van der Waals surface area contributed by atoms with Crippen LogP contribution in [0.1, 0.15) is 22.7 Å². The van der Waals surface area contributed by atoms with E-state index in [1.165, 1.54) is 0 Å². The number of nitrogens with zero attached hydrogens (tertiary/aromatic N) is 1. The molecule has 1 N–H and O–H groups in total. The topological polar surface area (TPSA) is 47.2 Å². The lowest BCUT2D eigenvalue weighted by Crippen LogP contribution is -2.26. The molecule has 0 atom stereocenters. The third-order valence-electron chi connectivity index (χ3n) is 3.71.